The third-order valence-corrected chi connectivity index (χ3v) is 7.28. The molecule has 12 heteroatoms. The van der Waals surface area contributed by atoms with Gasteiger partial charge in [0.1, 0.15) is 11.3 Å². The predicted molar refractivity (Wildman–Crippen MR) is 117 cm³/mol. The molecule has 4 aromatic rings. The van der Waals surface area contributed by atoms with Gasteiger partial charge >= 0.3 is 10.2 Å². The van der Waals surface area contributed by atoms with Crippen LogP contribution in [0.1, 0.15) is 17.9 Å². The Morgan fingerprint density at radius 3 is 2.73 bits per heavy atom. The van der Waals surface area contributed by atoms with Gasteiger partial charge in [-0.3, -0.25) is 4.98 Å². The molecule has 170 valence electrons. The molecule has 0 bridgehead atoms. The zero-order valence-electron chi connectivity index (χ0n) is 17.5. The van der Waals surface area contributed by atoms with Gasteiger partial charge in [0.25, 0.3) is 5.89 Å². The molecule has 4 heterocycles. The third kappa shape index (κ3) is 3.76. The molecule has 1 aromatic carbocycles. The summed E-state index contributed by atoms with van der Waals surface area (Å²) in [5.74, 6) is -0.384. The number of aromatic nitrogens is 4. The third-order valence-electron chi connectivity index (χ3n) is 5.40. The molecule has 1 aliphatic heterocycles. The van der Waals surface area contributed by atoms with E-state index in [1.165, 1.54) is 34.0 Å². The fourth-order valence-electron chi connectivity index (χ4n) is 3.69. The first-order valence-electron chi connectivity index (χ1n) is 10.1. The van der Waals surface area contributed by atoms with E-state index in [-0.39, 0.29) is 53.3 Å². The number of pyridine rings is 2. The summed E-state index contributed by atoms with van der Waals surface area (Å²) >= 11 is 0. The Morgan fingerprint density at radius 1 is 1.15 bits per heavy atom. The van der Waals surface area contributed by atoms with E-state index in [9.17, 15) is 17.9 Å². The molecule has 0 atom stereocenters. The molecule has 1 fully saturated rings. The number of fused-ring (bicyclic) bond motifs is 1. The van der Waals surface area contributed by atoms with Crippen molar-refractivity contribution < 1.29 is 22.3 Å². The number of halogens is 1. The van der Waals surface area contributed by atoms with Gasteiger partial charge in [0.15, 0.2) is 17.3 Å². The van der Waals surface area contributed by atoms with Gasteiger partial charge in [0.2, 0.25) is 5.89 Å². The monoisotopic (exact) mass is 470 g/mol. The van der Waals surface area contributed by atoms with E-state index in [0.717, 1.165) is 5.56 Å². The summed E-state index contributed by atoms with van der Waals surface area (Å²) in [6.45, 7) is 0.629. The highest BCUT2D eigenvalue weighted by Crippen LogP contribution is 2.39. The van der Waals surface area contributed by atoms with Crippen LogP contribution >= 0.6 is 0 Å². The van der Waals surface area contributed by atoms with Crippen LogP contribution in [0.25, 0.3) is 22.5 Å². The Morgan fingerprint density at radius 2 is 1.94 bits per heavy atom. The SMILES string of the molecule is CN1CCCN(c2nc(-c3nnc(Cc4ccc(F)cc4)o3)c(O)c3ncccc23)S1(=O)=O. The van der Waals surface area contributed by atoms with Crippen molar-refractivity contribution in [2.24, 2.45) is 0 Å². The minimum Gasteiger partial charge on any atom is -0.504 e. The molecule has 10 nitrogen and oxygen atoms in total. The molecule has 1 aliphatic rings. The zero-order chi connectivity index (χ0) is 23.2. The van der Waals surface area contributed by atoms with Crippen LogP contribution in [0.2, 0.25) is 0 Å². The minimum absolute atomic E-state index is 0.0718. The van der Waals surface area contributed by atoms with Gasteiger partial charge in [-0.2, -0.15) is 12.7 Å². The van der Waals surface area contributed by atoms with Crippen LogP contribution in [0.4, 0.5) is 10.2 Å². The molecule has 0 unspecified atom stereocenters. The van der Waals surface area contributed by atoms with Crippen LogP contribution in [-0.4, -0.2) is 58.1 Å². The van der Waals surface area contributed by atoms with Crippen molar-refractivity contribution in [3.05, 3.63) is 59.9 Å². The normalized spacial score (nSPS) is 16.4. The van der Waals surface area contributed by atoms with E-state index in [1.807, 2.05) is 0 Å². The molecule has 1 N–H and O–H groups in total. The largest absolute Gasteiger partial charge is 0.504 e. The summed E-state index contributed by atoms with van der Waals surface area (Å²) < 4.78 is 47.2. The molecule has 5 rings (SSSR count). The zero-order valence-corrected chi connectivity index (χ0v) is 18.3. The van der Waals surface area contributed by atoms with Gasteiger partial charge in [-0.1, -0.05) is 12.1 Å². The number of benzene rings is 1. The minimum atomic E-state index is -3.80. The number of anilines is 1. The summed E-state index contributed by atoms with van der Waals surface area (Å²) in [6.07, 6.45) is 2.34. The number of nitrogens with zero attached hydrogens (tertiary/aromatic N) is 6. The highest BCUT2D eigenvalue weighted by molar-refractivity contribution is 7.90. The van der Waals surface area contributed by atoms with Crippen LogP contribution in [0, 0.1) is 5.82 Å². The van der Waals surface area contributed by atoms with Gasteiger partial charge in [0, 0.05) is 31.7 Å². The topological polar surface area (TPSA) is 126 Å². The molecule has 0 saturated carbocycles. The first kappa shape index (κ1) is 21.2. The van der Waals surface area contributed by atoms with Crippen molar-refractivity contribution >= 4 is 26.9 Å². The maximum atomic E-state index is 13.2. The lowest BCUT2D eigenvalue weighted by atomic mass is 10.1. The first-order valence-corrected chi connectivity index (χ1v) is 11.5. The second-order valence-corrected chi connectivity index (χ2v) is 9.55. The summed E-state index contributed by atoms with van der Waals surface area (Å²) in [6, 6.07) is 9.15. The molecule has 0 amide bonds. The quantitative estimate of drug-likeness (QED) is 0.482. The standard InChI is InChI=1S/C21H19FN6O4S/c1-27-10-3-11-28(33(27,30)31)20-15-4-2-9-23-17(15)19(29)18(24-20)21-26-25-16(32-21)12-13-5-7-14(22)8-6-13/h2,4-9,29H,3,10-12H2,1H3. The van der Waals surface area contributed by atoms with E-state index in [2.05, 4.69) is 20.2 Å². The van der Waals surface area contributed by atoms with Gasteiger partial charge in [-0.15, -0.1) is 10.2 Å². The lowest BCUT2D eigenvalue weighted by molar-refractivity contribution is 0.437. The van der Waals surface area contributed by atoms with Crippen LogP contribution in [0.15, 0.2) is 47.0 Å². The summed E-state index contributed by atoms with van der Waals surface area (Å²) in [4.78, 5) is 8.66. The van der Waals surface area contributed by atoms with Crippen LogP contribution < -0.4 is 4.31 Å². The number of hydrogen-bond acceptors (Lipinski definition) is 8. The summed E-state index contributed by atoms with van der Waals surface area (Å²) in [5, 5.41) is 19.2. The number of hydrogen-bond donors (Lipinski definition) is 1. The Kier molecular flexibility index (Phi) is 5.17. The van der Waals surface area contributed by atoms with E-state index in [1.54, 1.807) is 24.3 Å². The summed E-state index contributed by atoms with van der Waals surface area (Å²) in [7, 11) is -2.30. The number of rotatable bonds is 4. The van der Waals surface area contributed by atoms with E-state index in [4.69, 9.17) is 4.42 Å². The first-order chi connectivity index (χ1) is 15.8. The van der Waals surface area contributed by atoms with Gasteiger partial charge in [0.05, 0.1) is 6.42 Å². The van der Waals surface area contributed by atoms with Crippen LogP contribution in [0.3, 0.4) is 0 Å². The van der Waals surface area contributed by atoms with Gasteiger partial charge in [-0.05, 0) is 36.2 Å². The van der Waals surface area contributed by atoms with Crippen molar-refractivity contribution in [2.45, 2.75) is 12.8 Å². The van der Waals surface area contributed by atoms with Crippen LogP contribution in [0.5, 0.6) is 5.75 Å². The molecule has 33 heavy (non-hydrogen) atoms. The van der Waals surface area contributed by atoms with Gasteiger partial charge < -0.3 is 9.52 Å². The fourth-order valence-corrected chi connectivity index (χ4v) is 5.11. The average Bonchev–Trinajstić information content (AvgIpc) is 3.26. The maximum Gasteiger partial charge on any atom is 0.305 e. The lowest BCUT2D eigenvalue weighted by Gasteiger charge is -2.33. The molecular formula is C21H19FN6O4S. The molecule has 3 aromatic heterocycles. The molecule has 0 aliphatic carbocycles. The molecule has 0 spiro atoms. The lowest BCUT2D eigenvalue weighted by Crippen LogP contribution is -2.48. The van der Waals surface area contributed by atoms with Crippen molar-refractivity contribution in [1.82, 2.24) is 24.5 Å². The van der Waals surface area contributed by atoms with Gasteiger partial charge in [-0.25, -0.2) is 13.7 Å². The average molecular weight is 470 g/mol. The molecule has 0 radical (unpaired) electrons. The van der Waals surface area contributed by atoms with Crippen molar-refractivity contribution in [2.75, 3.05) is 24.4 Å². The second-order valence-electron chi connectivity index (χ2n) is 7.59. The Bertz CT molecular complexity index is 1440. The summed E-state index contributed by atoms with van der Waals surface area (Å²) in [5.41, 5.74) is 0.851. The fraction of sp³-hybridized carbons (Fsp3) is 0.238. The van der Waals surface area contributed by atoms with E-state index < -0.39 is 10.2 Å². The molecular weight excluding hydrogens is 451 g/mol. The predicted octanol–water partition coefficient (Wildman–Crippen LogP) is 2.50. The highest BCUT2D eigenvalue weighted by Gasteiger charge is 2.34. The van der Waals surface area contributed by atoms with E-state index >= 15 is 0 Å². The number of aromatic hydroxyl groups is 1. The smallest absolute Gasteiger partial charge is 0.305 e. The van der Waals surface area contributed by atoms with E-state index in [0.29, 0.717) is 18.4 Å². The Hall–Kier alpha value is -3.64. The highest BCUT2D eigenvalue weighted by atomic mass is 32.2. The van der Waals surface area contributed by atoms with Crippen molar-refractivity contribution in [3.63, 3.8) is 0 Å². The second kappa shape index (κ2) is 8.05. The van der Waals surface area contributed by atoms with Crippen LogP contribution in [-0.2, 0) is 16.6 Å². The van der Waals surface area contributed by atoms with Crippen molar-refractivity contribution in [1.29, 1.82) is 0 Å². The van der Waals surface area contributed by atoms with Crippen molar-refractivity contribution in [3.8, 4) is 17.3 Å². The maximum absolute atomic E-state index is 13.2. The Labute approximate surface area is 188 Å². The Balaban J connectivity index is 1.60. The molecule has 1 saturated heterocycles.